The summed E-state index contributed by atoms with van der Waals surface area (Å²) in [6.45, 7) is 9.59. The molecular weight excluding hydrogens is 284 g/mol. The lowest BCUT2D eigenvalue weighted by molar-refractivity contribution is 0.336. The van der Waals surface area contributed by atoms with Gasteiger partial charge in [0.15, 0.2) is 0 Å². The van der Waals surface area contributed by atoms with Crippen LogP contribution in [-0.2, 0) is 0 Å². The number of rotatable bonds is 3. The number of hydrogen-bond acceptors (Lipinski definition) is 4. The van der Waals surface area contributed by atoms with Crippen LogP contribution in [0, 0.1) is 23.7 Å². The molecule has 2 aliphatic rings. The molecule has 0 amide bonds. The molecule has 4 atom stereocenters. The summed E-state index contributed by atoms with van der Waals surface area (Å²) in [5, 5.41) is 1.81. The average molecular weight is 309 g/mol. The minimum absolute atomic E-state index is 0.840. The molecular formula is C13H24S4. The molecule has 0 aromatic carbocycles. The third-order valence-electron chi connectivity index (χ3n) is 3.93. The first-order chi connectivity index (χ1) is 8.09. The summed E-state index contributed by atoms with van der Waals surface area (Å²) in [6.07, 6.45) is 1.46. The van der Waals surface area contributed by atoms with Gasteiger partial charge in [-0.05, 0) is 30.1 Å². The standard InChI is InChI=1S/C13H24S4/c1-8(2)11-7-15-17-13(11)10-5-12(9(3)4)16-14-6-10/h8-13H,5-7H2,1-4H3. The Bertz CT molecular complexity index is 242. The van der Waals surface area contributed by atoms with E-state index in [1.54, 1.807) is 0 Å². The summed E-state index contributed by atoms with van der Waals surface area (Å²) in [6, 6.07) is 0. The highest BCUT2D eigenvalue weighted by molar-refractivity contribution is 8.77. The molecule has 2 fully saturated rings. The summed E-state index contributed by atoms with van der Waals surface area (Å²) in [5.41, 5.74) is 0. The smallest absolute Gasteiger partial charge is 0.0227 e. The van der Waals surface area contributed by atoms with Gasteiger partial charge in [-0.1, -0.05) is 70.9 Å². The highest BCUT2D eigenvalue weighted by Crippen LogP contribution is 2.53. The Morgan fingerprint density at radius 3 is 2.24 bits per heavy atom. The first-order valence-electron chi connectivity index (χ1n) is 6.66. The fourth-order valence-corrected chi connectivity index (χ4v) is 10.3. The van der Waals surface area contributed by atoms with Crippen molar-refractivity contribution < 1.29 is 0 Å². The molecule has 0 N–H and O–H groups in total. The maximum absolute atomic E-state index is 2.41. The van der Waals surface area contributed by atoms with E-state index in [4.69, 9.17) is 0 Å². The fraction of sp³-hybridized carbons (Fsp3) is 1.00. The maximum atomic E-state index is 2.41. The van der Waals surface area contributed by atoms with Crippen molar-refractivity contribution in [1.82, 2.24) is 0 Å². The predicted octanol–water partition coefficient (Wildman–Crippen LogP) is 5.45. The van der Waals surface area contributed by atoms with Crippen LogP contribution in [0.3, 0.4) is 0 Å². The zero-order valence-electron chi connectivity index (χ0n) is 11.2. The lowest BCUT2D eigenvalue weighted by Gasteiger charge is -2.36. The summed E-state index contributed by atoms with van der Waals surface area (Å²) in [5.74, 6) is 6.38. The minimum atomic E-state index is 0.840. The fourth-order valence-electron chi connectivity index (χ4n) is 2.59. The molecule has 2 saturated heterocycles. The lowest BCUT2D eigenvalue weighted by atomic mass is 9.84. The Labute approximate surface area is 122 Å². The van der Waals surface area contributed by atoms with E-state index in [1.165, 1.54) is 17.9 Å². The lowest BCUT2D eigenvalue weighted by Crippen LogP contribution is -2.33. The summed E-state index contributed by atoms with van der Waals surface area (Å²) in [4.78, 5) is 0. The van der Waals surface area contributed by atoms with E-state index in [9.17, 15) is 0 Å². The molecule has 2 rings (SSSR count). The highest BCUT2D eigenvalue weighted by atomic mass is 33.1. The Hall–Kier alpha value is 1.40. The summed E-state index contributed by atoms with van der Waals surface area (Å²) < 4.78 is 0. The Balaban J connectivity index is 1.96. The minimum Gasteiger partial charge on any atom is -0.0935 e. The van der Waals surface area contributed by atoms with Crippen LogP contribution in [-0.4, -0.2) is 22.0 Å². The van der Waals surface area contributed by atoms with Crippen LogP contribution in [0.4, 0.5) is 0 Å². The van der Waals surface area contributed by atoms with Crippen LogP contribution in [0.2, 0.25) is 0 Å². The molecule has 0 aromatic heterocycles. The molecule has 0 spiro atoms. The molecule has 0 saturated carbocycles. The SMILES string of the molecule is CC(C)C1CC(C2SSCC2C(C)C)CSS1. The van der Waals surface area contributed by atoms with Gasteiger partial charge in [-0.2, -0.15) is 0 Å². The van der Waals surface area contributed by atoms with Gasteiger partial charge in [0.05, 0.1) is 0 Å². The van der Waals surface area contributed by atoms with E-state index < -0.39 is 0 Å². The number of hydrogen-bond donors (Lipinski definition) is 0. The molecule has 4 unspecified atom stereocenters. The van der Waals surface area contributed by atoms with Crippen molar-refractivity contribution >= 4 is 43.2 Å². The van der Waals surface area contributed by atoms with Gasteiger partial charge in [-0.15, -0.1) is 0 Å². The van der Waals surface area contributed by atoms with Gasteiger partial charge in [0.1, 0.15) is 0 Å². The van der Waals surface area contributed by atoms with Crippen molar-refractivity contribution in [1.29, 1.82) is 0 Å². The van der Waals surface area contributed by atoms with Gasteiger partial charge in [0.25, 0.3) is 0 Å². The molecule has 2 aliphatic heterocycles. The van der Waals surface area contributed by atoms with Crippen molar-refractivity contribution in [3.63, 3.8) is 0 Å². The van der Waals surface area contributed by atoms with Crippen LogP contribution in [0.5, 0.6) is 0 Å². The molecule has 17 heavy (non-hydrogen) atoms. The molecule has 0 bridgehead atoms. The maximum Gasteiger partial charge on any atom is 0.0227 e. The van der Waals surface area contributed by atoms with Crippen LogP contribution >= 0.6 is 43.2 Å². The largest absolute Gasteiger partial charge is 0.0935 e. The Morgan fingerprint density at radius 2 is 1.59 bits per heavy atom. The molecule has 0 radical (unpaired) electrons. The van der Waals surface area contributed by atoms with Crippen molar-refractivity contribution in [2.45, 2.75) is 44.6 Å². The molecule has 2 heterocycles. The normalized spacial score (nSPS) is 39.2. The average Bonchev–Trinajstić information content (AvgIpc) is 2.78. The second-order valence-electron chi connectivity index (χ2n) is 5.91. The molecule has 100 valence electrons. The van der Waals surface area contributed by atoms with Crippen LogP contribution in [0.15, 0.2) is 0 Å². The van der Waals surface area contributed by atoms with Gasteiger partial charge >= 0.3 is 0 Å². The Morgan fingerprint density at radius 1 is 0.882 bits per heavy atom. The van der Waals surface area contributed by atoms with Crippen molar-refractivity contribution in [2.75, 3.05) is 11.5 Å². The molecule has 0 nitrogen and oxygen atoms in total. The molecule has 4 heteroatoms. The van der Waals surface area contributed by atoms with Gasteiger partial charge in [0, 0.05) is 22.0 Å². The van der Waals surface area contributed by atoms with Crippen molar-refractivity contribution in [3.8, 4) is 0 Å². The molecule has 0 aromatic rings. The van der Waals surface area contributed by atoms with Crippen LogP contribution in [0.25, 0.3) is 0 Å². The van der Waals surface area contributed by atoms with E-state index in [-0.39, 0.29) is 0 Å². The second-order valence-corrected chi connectivity index (χ2v) is 11.2. The van der Waals surface area contributed by atoms with E-state index in [0.29, 0.717) is 0 Å². The summed E-state index contributed by atoms with van der Waals surface area (Å²) in [7, 11) is 8.59. The highest BCUT2D eigenvalue weighted by Gasteiger charge is 2.39. The molecule has 0 aliphatic carbocycles. The summed E-state index contributed by atoms with van der Waals surface area (Å²) >= 11 is 0. The van der Waals surface area contributed by atoms with Gasteiger partial charge in [-0.25, -0.2) is 0 Å². The van der Waals surface area contributed by atoms with Crippen molar-refractivity contribution in [3.05, 3.63) is 0 Å². The second kappa shape index (κ2) is 6.71. The Kier molecular flexibility index (Phi) is 5.85. The topological polar surface area (TPSA) is 0 Å². The van der Waals surface area contributed by atoms with Crippen LogP contribution < -0.4 is 0 Å². The van der Waals surface area contributed by atoms with Gasteiger partial charge in [0.2, 0.25) is 0 Å². The zero-order valence-corrected chi connectivity index (χ0v) is 14.5. The van der Waals surface area contributed by atoms with E-state index in [2.05, 4.69) is 70.9 Å². The quantitative estimate of drug-likeness (QED) is 0.636. The van der Waals surface area contributed by atoms with Gasteiger partial charge in [-0.3, -0.25) is 0 Å². The van der Waals surface area contributed by atoms with E-state index >= 15 is 0 Å². The van der Waals surface area contributed by atoms with Gasteiger partial charge < -0.3 is 0 Å². The zero-order chi connectivity index (χ0) is 12.4. The first-order valence-corrected chi connectivity index (χ1v) is 11.4. The third-order valence-corrected chi connectivity index (χ3v) is 10.3. The third kappa shape index (κ3) is 3.70. The van der Waals surface area contributed by atoms with Crippen LogP contribution in [0.1, 0.15) is 34.1 Å². The predicted molar refractivity (Wildman–Crippen MR) is 88.9 cm³/mol. The van der Waals surface area contributed by atoms with Crippen molar-refractivity contribution in [2.24, 2.45) is 23.7 Å². The monoisotopic (exact) mass is 308 g/mol. The van der Waals surface area contributed by atoms with E-state index in [1.807, 2.05) is 0 Å². The van der Waals surface area contributed by atoms with E-state index in [0.717, 1.165) is 34.2 Å². The first kappa shape index (κ1) is 14.8.